The minimum absolute atomic E-state index is 0. The number of aliphatic carboxylic acids is 1. The molecule has 1 unspecified atom stereocenters. The van der Waals surface area contributed by atoms with Crippen molar-refractivity contribution in [3.8, 4) is 0 Å². The first-order valence-corrected chi connectivity index (χ1v) is 11.4. The number of carboxylic acid groups (broad SMARTS) is 1. The van der Waals surface area contributed by atoms with Crippen LogP contribution in [-0.4, -0.2) is 69.9 Å². The number of hydrogen-bond donors (Lipinski definition) is 2. The number of carbonyl (C=O) groups excluding carboxylic acids is 3. The van der Waals surface area contributed by atoms with Gasteiger partial charge in [0.15, 0.2) is 10.8 Å². The van der Waals surface area contributed by atoms with E-state index >= 15 is 0 Å². The second-order valence-corrected chi connectivity index (χ2v) is 9.22. The van der Waals surface area contributed by atoms with Gasteiger partial charge in [-0.25, -0.2) is 4.98 Å². The smallest absolute Gasteiger partial charge is 0.543 e. The average molecular weight is 490 g/mol. The van der Waals surface area contributed by atoms with Gasteiger partial charge in [0.05, 0.1) is 23.9 Å². The molecular weight excluding hydrogens is 469 g/mol. The molecule has 0 radical (unpaired) electrons. The van der Waals surface area contributed by atoms with Crippen LogP contribution in [0.25, 0.3) is 0 Å². The number of ether oxygens (including phenoxy) is 1. The predicted molar refractivity (Wildman–Crippen MR) is 111 cm³/mol. The largest absolute Gasteiger partial charge is 1.00 e. The van der Waals surface area contributed by atoms with Crippen molar-refractivity contribution in [2.75, 3.05) is 18.6 Å². The van der Waals surface area contributed by atoms with E-state index in [1.807, 2.05) is 6.92 Å². The second kappa shape index (κ2) is 10.1. The number of carboxylic acids is 1. The number of nitrogens with one attached hydrogen (secondary N) is 1. The fourth-order valence-corrected chi connectivity index (χ4v) is 5.80. The molecule has 4 atom stereocenters. The van der Waals surface area contributed by atoms with Gasteiger partial charge in [-0.1, -0.05) is 5.16 Å². The molecule has 1 aromatic heterocycles. The van der Waals surface area contributed by atoms with Gasteiger partial charge in [-0.15, -0.1) is 23.1 Å². The predicted octanol–water partition coefficient (Wildman–Crippen LogP) is -3.95. The molecule has 11 nitrogen and oxygen atoms in total. The third-order valence-electron chi connectivity index (χ3n) is 5.26. The Kier molecular flexibility index (Phi) is 7.89. The minimum atomic E-state index is -1.43. The number of nitrogen functional groups attached to an aromatic ring is 1. The molecule has 4 rings (SSSR count). The van der Waals surface area contributed by atoms with E-state index < -0.39 is 29.2 Å². The summed E-state index contributed by atoms with van der Waals surface area (Å²) in [6, 6.07) is -0.921. The number of amides is 2. The molecule has 14 heteroatoms. The van der Waals surface area contributed by atoms with Crippen LogP contribution < -0.4 is 45.7 Å². The normalized spacial score (nSPS) is 27.4. The van der Waals surface area contributed by atoms with Crippen LogP contribution in [0.3, 0.4) is 0 Å². The Bertz CT molecular complexity index is 998. The molecular formula is C18H20N5NaO6S2. The van der Waals surface area contributed by atoms with Gasteiger partial charge < -0.3 is 30.5 Å². The number of thiazole rings is 1. The zero-order valence-electron chi connectivity index (χ0n) is 17.7. The Morgan fingerprint density at radius 2 is 2.19 bits per heavy atom. The van der Waals surface area contributed by atoms with Crippen LogP contribution in [0.5, 0.6) is 0 Å². The number of rotatable bonds is 6. The number of oxime groups is 1. The van der Waals surface area contributed by atoms with E-state index in [9.17, 15) is 19.5 Å². The quantitative estimate of drug-likeness (QED) is 0.176. The van der Waals surface area contributed by atoms with E-state index in [0.717, 1.165) is 17.8 Å². The standard InChI is InChI=1S/C18H21N5O6S2.Na/c1-7-3-4-10(29-7)8-5-30-16-12(15(25)23(16)13(8)17(26)27)21-14(24)11(22-28-2)9-6-31-18(19)20-9;/h6-7,10,12,16H,3-5H2,1-2H3,(H2,19,20)(H,21,24)(H,26,27);/q;+1/p-1/b22-11-;/t7-,10?,12-,16-;/m1./s1. The molecule has 3 aliphatic rings. The number of fused-ring (bicyclic) bond motifs is 1. The molecule has 1 aromatic rings. The van der Waals surface area contributed by atoms with Crippen LogP contribution in [0.15, 0.2) is 21.8 Å². The van der Waals surface area contributed by atoms with Crippen molar-refractivity contribution in [1.29, 1.82) is 0 Å². The monoisotopic (exact) mass is 489 g/mol. The Morgan fingerprint density at radius 1 is 1.44 bits per heavy atom. The maximum atomic E-state index is 12.8. The van der Waals surface area contributed by atoms with Crippen LogP contribution in [-0.2, 0) is 24.0 Å². The molecule has 0 spiro atoms. The number of thioether (sulfide) groups is 1. The van der Waals surface area contributed by atoms with Crippen LogP contribution in [0.4, 0.5) is 5.13 Å². The molecule has 4 heterocycles. The maximum Gasteiger partial charge on any atom is 1.00 e. The number of anilines is 1. The van der Waals surface area contributed by atoms with Crippen molar-refractivity contribution in [1.82, 2.24) is 15.2 Å². The SMILES string of the molecule is CO/N=C(\C(=O)N[C@@H]1C(=O)N2C(C(=O)[O-])=C(C3CC[C@@H](C)O3)CS[C@H]12)c1csc(N)n1.[Na+]. The van der Waals surface area contributed by atoms with E-state index in [2.05, 4.69) is 15.5 Å². The molecule has 166 valence electrons. The second-order valence-electron chi connectivity index (χ2n) is 7.23. The van der Waals surface area contributed by atoms with Crippen LogP contribution in [0.1, 0.15) is 25.5 Å². The molecule has 0 aliphatic carbocycles. The number of aromatic nitrogens is 1. The first kappa shape index (κ1) is 25.0. The van der Waals surface area contributed by atoms with Crippen LogP contribution in [0, 0.1) is 0 Å². The molecule has 32 heavy (non-hydrogen) atoms. The first-order valence-electron chi connectivity index (χ1n) is 9.49. The van der Waals surface area contributed by atoms with Crippen molar-refractivity contribution in [3.63, 3.8) is 0 Å². The Hall–Kier alpha value is -1.64. The molecule has 2 amide bonds. The summed E-state index contributed by atoms with van der Waals surface area (Å²) in [5, 5.41) is 19.4. The maximum absolute atomic E-state index is 12.8. The first-order chi connectivity index (χ1) is 14.8. The van der Waals surface area contributed by atoms with Gasteiger partial charge in [0.2, 0.25) is 0 Å². The summed E-state index contributed by atoms with van der Waals surface area (Å²) in [7, 11) is 1.28. The number of hydrogen-bond acceptors (Lipinski definition) is 11. The Balaban J connectivity index is 0.00000289. The molecule has 3 N–H and O–H groups in total. The molecule has 2 fully saturated rings. The molecule has 0 aromatic carbocycles. The van der Waals surface area contributed by atoms with E-state index in [1.54, 1.807) is 5.38 Å². The summed E-state index contributed by atoms with van der Waals surface area (Å²) in [6.45, 7) is 1.92. The third-order valence-corrected chi connectivity index (χ3v) is 7.24. The summed E-state index contributed by atoms with van der Waals surface area (Å²) in [6.07, 6.45) is 1.18. The van der Waals surface area contributed by atoms with Crippen LogP contribution in [0.2, 0.25) is 0 Å². The van der Waals surface area contributed by atoms with Gasteiger partial charge in [-0.3, -0.25) is 14.5 Å². The molecule has 3 aliphatic heterocycles. The molecule has 0 bridgehead atoms. The zero-order valence-corrected chi connectivity index (χ0v) is 21.3. The minimum Gasteiger partial charge on any atom is -0.543 e. The van der Waals surface area contributed by atoms with Crippen molar-refractivity contribution < 1.29 is 58.6 Å². The topological polar surface area (TPSA) is 159 Å². The Morgan fingerprint density at radius 3 is 2.75 bits per heavy atom. The fourth-order valence-electron chi connectivity index (χ4n) is 3.84. The van der Waals surface area contributed by atoms with Gasteiger partial charge in [0, 0.05) is 11.1 Å². The van der Waals surface area contributed by atoms with Gasteiger partial charge >= 0.3 is 29.6 Å². The third kappa shape index (κ3) is 4.54. The van der Waals surface area contributed by atoms with E-state index in [4.69, 9.17) is 15.3 Å². The summed E-state index contributed by atoms with van der Waals surface area (Å²) < 4.78 is 5.81. The van der Waals surface area contributed by atoms with Crippen molar-refractivity contribution in [3.05, 3.63) is 22.3 Å². The number of nitrogens with zero attached hydrogens (tertiary/aromatic N) is 3. The van der Waals surface area contributed by atoms with E-state index in [1.165, 1.54) is 23.8 Å². The summed E-state index contributed by atoms with van der Waals surface area (Å²) in [4.78, 5) is 47.4. The van der Waals surface area contributed by atoms with Crippen molar-refractivity contribution in [2.24, 2.45) is 5.16 Å². The average Bonchev–Trinajstić information content (AvgIpc) is 3.36. The molecule has 2 saturated heterocycles. The van der Waals surface area contributed by atoms with E-state index in [0.29, 0.717) is 17.7 Å². The fraction of sp³-hybridized carbons (Fsp3) is 0.500. The van der Waals surface area contributed by atoms with Gasteiger partial charge in [0.25, 0.3) is 11.8 Å². The zero-order chi connectivity index (χ0) is 22.3. The van der Waals surface area contributed by atoms with Gasteiger partial charge in [-0.2, -0.15) is 0 Å². The van der Waals surface area contributed by atoms with Gasteiger partial charge in [-0.05, 0) is 25.3 Å². The van der Waals surface area contributed by atoms with Crippen molar-refractivity contribution in [2.45, 2.75) is 43.4 Å². The summed E-state index contributed by atoms with van der Waals surface area (Å²) >= 11 is 2.50. The van der Waals surface area contributed by atoms with Crippen molar-refractivity contribution >= 4 is 51.7 Å². The van der Waals surface area contributed by atoms with Gasteiger partial charge in [0.1, 0.15) is 24.2 Å². The van der Waals surface area contributed by atoms with Crippen LogP contribution >= 0.6 is 23.1 Å². The number of carbonyl (C=O) groups is 3. The number of β-lactam (4-membered cyclic amide) rings is 1. The number of nitrogens with two attached hydrogens (primary N) is 1. The van der Waals surface area contributed by atoms with E-state index in [-0.39, 0.29) is 64.0 Å². The molecule has 0 saturated carbocycles. The Labute approximate surface area is 214 Å². The summed E-state index contributed by atoms with van der Waals surface area (Å²) in [5.74, 6) is -2.28. The summed E-state index contributed by atoms with van der Waals surface area (Å²) in [5.41, 5.74) is 6.09.